The molecule has 1 aromatic heterocycles. The van der Waals surface area contributed by atoms with Gasteiger partial charge >= 0.3 is 0 Å². The van der Waals surface area contributed by atoms with E-state index in [1.54, 1.807) is 24.3 Å². The molecule has 4 amide bonds. The molecule has 3 aromatic carbocycles. The van der Waals surface area contributed by atoms with E-state index in [1.165, 1.54) is 4.90 Å². The Hall–Kier alpha value is -5.12. The molecule has 4 aromatic rings. The lowest BCUT2D eigenvalue weighted by atomic mass is 9.96. The second-order valence-electron chi connectivity index (χ2n) is 10.9. The van der Waals surface area contributed by atoms with Gasteiger partial charge in [-0.1, -0.05) is 30.3 Å². The monoisotopic (exact) mass is 562 g/mol. The van der Waals surface area contributed by atoms with Gasteiger partial charge in [0.05, 0.1) is 23.5 Å². The highest BCUT2D eigenvalue weighted by Gasteiger charge is 2.42. The Kier molecular flexibility index (Phi) is 6.18. The first-order valence-electron chi connectivity index (χ1n) is 14.1. The molecule has 212 valence electrons. The predicted octanol–water partition coefficient (Wildman–Crippen LogP) is 3.00. The van der Waals surface area contributed by atoms with Crippen molar-refractivity contribution in [1.82, 2.24) is 19.7 Å². The standard InChI is InChI=1S/C32H30N6O4/c1-35-25-8-4-3-7-24(25)32(42)37-16-14-23-22-6-2-5-9-26(22)38(29(23)30(35)37)19-28(40)34-21-12-10-20(11-13-21)31(41)36-17-15-33-27(39)18-36/h2-13,30H,14-19H2,1H3,(H,33,39)(H,34,40). The number of nitrogens with zero attached hydrogens (tertiary/aromatic N) is 4. The number of para-hydroxylation sites is 2. The molecule has 10 heteroatoms. The number of nitrogens with one attached hydrogen (secondary N) is 2. The molecule has 4 heterocycles. The average Bonchev–Trinajstić information content (AvgIpc) is 3.33. The first kappa shape index (κ1) is 25.8. The van der Waals surface area contributed by atoms with Crippen LogP contribution in [-0.2, 0) is 22.6 Å². The van der Waals surface area contributed by atoms with Crippen molar-refractivity contribution in [2.45, 2.75) is 19.1 Å². The lowest BCUT2D eigenvalue weighted by molar-refractivity contribution is -0.123. The molecule has 1 saturated heterocycles. The number of amides is 4. The van der Waals surface area contributed by atoms with Crippen LogP contribution in [-0.4, -0.2) is 71.2 Å². The van der Waals surface area contributed by atoms with Gasteiger partial charge in [0.25, 0.3) is 11.8 Å². The average molecular weight is 563 g/mol. The summed E-state index contributed by atoms with van der Waals surface area (Å²) in [6.45, 7) is 1.60. The Balaban J connectivity index is 1.17. The van der Waals surface area contributed by atoms with Crippen molar-refractivity contribution < 1.29 is 19.2 Å². The molecule has 3 aliphatic heterocycles. The van der Waals surface area contributed by atoms with Gasteiger partial charge in [0.15, 0.2) is 0 Å². The minimum absolute atomic E-state index is 0.000395. The van der Waals surface area contributed by atoms with Crippen molar-refractivity contribution in [3.63, 3.8) is 0 Å². The summed E-state index contributed by atoms with van der Waals surface area (Å²) in [6.07, 6.45) is 0.371. The second-order valence-corrected chi connectivity index (χ2v) is 10.9. The molecule has 1 unspecified atom stereocenters. The van der Waals surface area contributed by atoms with Crippen LogP contribution in [0.15, 0.2) is 72.8 Å². The second kappa shape index (κ2) is 10.1. The maximum Gasteiger partial charge on any atom is 0.257 e. The highest BCUT2D eigenvalue weighted by atomic mass is 16.2. The normalized spacial score (nSPS) is 17.8. The third-order valence-electron chi connectivity index (χ3n) is 8.45. The summed E-state index contributed by atoms with van der Waals surface area (Å²) in [7, 11) is 2.00. The quantitative estimate of drug-likeness (QED) is 0.398. The van der Waals surface area contributed by atoms with Crippen LogP contribution < -0.4 is 15.5 Å². The molecule has 0 bridgehead atoms. The lowest BCUT2D eigenvalue weighted by Gasteiger charge is -2.46. The van der Waals surface area contributed by atoms with Crippen LogP contribution in [0.1, 0.15) is 38.1 Å². The van der Waals surface area contributed by atoms with E-state index in [9.17, 15) is 19.2 Å². The van der Waals surface area contributed by atoms with E-state index in [-0.39, 0.29) is 42.9 Å². The Bertz CT molecular complexity index is 1760. The number of anilines is 2. The molecule has 3 aliphatic rings. The number of fused-ring (bicyclic) bond motifs is 6. The van der Waals surface area contributed by atoms with Crippen molar-refractivity contribution in [3.05, 3.63) is 95.2 Å². The molecule has 0 spiro atoms. The fraction of sp³-hybridized carbons (Fsp3) is 0.250. The minimum atomic E-state index is -0.335. The van der Waals surface area contributed by atoms with Crippen molar-refractivity contribution >= 4 is 45.9 Å². The van der Waals surface area contributed by atoms with E-state index in [0.717, 1.165) is 27.8 Å². The number of hydrogen-bond acceptors (Lipinski definition) is 5. The van der Waals surface area contributed by atoms with Gasteiger partial charge in [-0.05, 0) is 54.4 Å². The van der Waals surface area contributed by atoms with Crippen LogP contribution in [0, 0.1) is 0 Å². The molecule has 1 atom stereocenters. The zero-order valence-electron chi connectivity index (χ0n) is 23.2. The highest BCUT2D eigenvalue weighted by Crippen LogP contribution is 2.44. The van der Waals surface area contributed by atoms with Gasteiger partial charge in [-0.25, -0.2) is 0 Å². The van der Waals surface area contributed by atoms with Crippen LogP contribution in [0.25, 0.3) is 10.9 Å². The molecule has 42 heavy (non-hydrogen) atoms. The number of aromatic nitrogens is 1. The number of carbonyl (C=O) groups excluding carboxylic acids is 4. The van der Waals surface area contributed by atoms with E-state index in [1.807, 2.05) is 59.0 Å². The molecule has 1 fully saturated rings. The molecule has 0 saturated carbocycles. The van der Waals surface area contributed by atoms with Crippen molar-refractivity contribution in [3.8, 4) is 0 Å². The maximum atomic E-state index is 13.6. The lowest BCUT2D eigenvalue weighted by Crippen LogP contribution is -2.51. The van der Waals surface area contributed by atoms with Crippen LogP contribution >= 0.6 is 0 Å². The van der Waals surface area contributed by atoms with Gasteiger partial charge < -0.3 is 29.9 Å². The van der Waals surface area contributed by atoms with Gasteiger partial charge in [-0.2, -0.15) is 0 Å². The van der Waals surface area contributed by atoms with Crippen LogP contribution in [0.5, 0.6) is 0 Å². The van der Waals surface area contributed by atoms with Crippen LogP contribution in [0.4, 0.5) is 11.4 Å². The van der Waals surface area contributed by atoms with E-state index in [2.05, 4.69) is 21.6 Å². The Labute approximate surface area is 242 Å². The van der Waals surface area contributed by atoms with Crippen molar-refractivity contribution in [2.75, 3.05) is 43.4 Å². The first-order valence-corrected chi connectivity index (χ1v) is 14.1. The van der Waals surface area contributed by atoms with Gasteiger partial charge in [0.1, 0.15) is 12.7 Å². The van der Waals surface area contributed by atoms with Crippen molar-refractivity contribution in [1.29, 1.82) is 0 Å². The third-order valence-corrected chi connectivity index (χ3v) is 8.45. The molecular weight excluding hydrogens is 532 g/mol. The summed E-state index contributed by atoms with van der Waals surface area (Å²) in [5, 5.41) is 6.78. The summed E-state index contributed by atoms with van der Waals surface area (Å²) in [6, 6.07) is 22.4. The number of rotatable bonds is 4. The zero-order valence-corrected chi connectivity index (χ0v) is 23.2. The maximum absolute atomic E-state index is 13.6. The molecule has 7 rings (SSSR count). The minimum Gasteiger partial charge on any atom is -0.353 e. The largest absolute Gasteiger partial charge is 0.353 e. The number of hydrogen-bond donors (Lipinski definition) is 2. The fourth-order valence-corrected chi connectivity index (χ4v) is 6.51. The molecular formula is C32H30N6O4. The van der Waals surface area contributed by atoms with E-state index < -0.39 is 0 Å². The smallest absolute Gasteiger partial charge is 0.257 e. The van der Waals surface area contributed by atoms with Crippen LogP contribution in [0.3, 0.4) is 0 Å². The van der Waals surface area contributed by atoms with E-state index in [0.29, 0.717) is 42.9 Å². The fourth-order valence-electron chi connectivity index (χ4n) is 6.51. The summed E-state index contributed by atoms with van der Waals surface area (Å²) < 4.78 is 2.04. The Morgan fingerprint density at radius 3 is 2.52 bits per heavy atom. The molecule has 2 N–H and O–H groups in total. The van der Waals surface area contributed by atoms with Gasteiger partial charge in [-0.3, -0.25) is 19.2 Å². The number of piperazine rings is 1. The van der Waals surface area contributed by atoms with Crippen molar-refractivity contribution in [2.24, 2.45) is 0 Å². The summed E-state index contributed by atoms with van der Waals surface area (Å²) in [4.78, 5) is 57.1. The topological polar surface area (TPSA) is 107 Å². The van der Waals surface area contributed by atoms with Gasteiger partial charge in [0.2, 0.25) is 11.8 Å². The number of carbonyl (C=O) groups is 4. The summed E-state index contributed by atoms with van der Waals surface area (Å²) >= 11 is 0. The predicted molar refractivity (Wildman–Crippen MR) is 158 cm³/mol. The van der Waals surface area contributed by atoms with Gasteiger partial charge in [-0.15, -0.1) is 0 Å². The molecule has 10 nitrogen and oxygen atoms in total. The third kappa shape index (κ3) is 4.18. The van der Waals surface area contributed by atoms with Gasteiger partial charge in [0, 0.05) is 48.8 Å². The number of benzene rings is 3. The summed E-state index contributed by atoms with van der Waals surface area (Å²) in [5.74, 6) is -0.604. The van der Waals surface area contributed by atoms with E-state index in [4.69, 9.17) is 0 Å². The molecule has 0 radical (unpaired) electrons. The Morgan fingerprint density at radius 2 is 1.71 bits per heavy atom. The SMILES string of the molecule is CN1c2ccccc2C(=O)N2CCc3c(n(CC(=O)Nc4ccc(C(=O)N5CCNC(=O)C5)cc4)c4ccccc34)C21. The molecule has 0 aliphatic carbocycles. The van der Waals surface area contributed by atoms with E-state index >= 15 is 0 Å². The highest BCUT2D eigenvalue weighted by molar-refractivity contribution is 6.03. The Morgan fingerprint density at radius 1 is 0.952 bits per heavy atom. The zero-order chi connectivity index (χ0) is 29.0. The van der Waals surface area contributed by atoms with Crippen LogP contribution in [0.2, 0.25) is 0 Å². The first-order chi connectivity index (χ1) is 20.4. The summed E-state index contributed by atoms with van der Waals surface area (Å²) in [5.41, 5.74) is 5.65.